The van der Waals surface area contributed by atoms with E-state index >= 15 is 0 Å². The maximum absolute atomic E-state index is 12.3. The molecule has 5 nitrogen and oxygen atoms in total. The van der Waals surface area contributed by atoms with Crippen LogP contribution < -0.4 is 10.9 Å². The molecule has 0 bridgehead atoms. The highest BCUT2D eigenvalue weighted by Gasteiger charge is 2.13. The van der Waals surface area contributed by atoms with Crippen molar-refractivity contribution in [3.63, 3.8) is 0 Å². The van der Waals surface area contributed by atoms with Crippen LogP contribution in [-0.4, -0.2) is 16.6 Å². The molecule has 0 saturated heterocycles. The van der Waals surface area contributed by atoms with Gasteiger partial charge in [0, 0.05) is 22.1 Å². The average Bonchev–Trinajstić information content (AvgIpc) is 3.20. The third-order valence-corrected chi connectivity index (χ3v) is 6.36. The summed E-state index contributed by atoms with van der Waals surface area (Å²) in [6.45, 7) is 2.06. The number of hydrogen-bond donors (Lipinski definition) is 1. The van der Waals surface area contributed by atoms with Gasteiger partial charge in [-0.2, -0.15) is 0 Å². The van der Waals surface area contributed by atoms with Crippen LogP contribution in [0, 0.1) is 6.92 Å². The molecule has 0 radical (unpaired) electrons. The minimum atomic E-state index is -0.440. The van der Waals surface area contributed by atoms with Crippen molar-refractivity contribution in [3.8, 4) is 11.3 Å². The summed E-state index contributed by atoms with van der Waals surface area (Å²) in [7, 11) is 0. The van der Waals surface area contributed by atoms with Gasteiger partial charge >= 0.3 is 5.63 Å². The molecule has 152 valence electrons. The maximum Gasteiger partial charge on any atom is 0.345 e. The fourth-order valence-corrected chi connectivity index (χ4v) is 4.51. The first-order chi connectivity index (χ1) is 14.6. The summed E-state index contributed by atoms with van der Waals surface area (Å²) in [5.74, 6) is 0.795. The van der Waals surface area contributed by atoms with Crippen LogP contribution in [0.5, 0.6) is 0 Å². The van der Waals surface area contributed by atoms with Gasteiger partial charge in [-0.25, -0.2) is 9.78 Å². The van der Waals surface area contributed by atoms with Crippen molar-refractivity contribution in [2.45, 2.75) is 24.7 Å². The summed E-state index contributed by atoms with van der Waals surface area (Å²) in [6, 6.07) is 17.5. The van der Waals surface area contributed by atoms with E-state index < -0.39 is 5.63 Å². The normalized spacial score (nSPS) is 11.0. The summed E-state index contributed by atoms with van der Waals surface area (Å²) in [5, 5.41) is 5.89. The number of nitrogens with one attached hydrogen (secondary N) is 1. The van der Waals surface area contributed by atoms with Crippen molar-refractivity contribution in [2.75, 3.05) is 11.1 Å². The molecule has 1 amide bonds. The molecule has 7 heteroatoms. The average molecular weight is 437 g/mol. The molecule has 2 aromatic carbocycles. The molecule has 0 spiro atoms. The highest BCUT2D eigenvalue weighted by molar-refractivity contribution is 7.99. The lowest BCUT2D eigenvalue weighted by atomic mass is 10.1. The van der Waals surface area contributed by atoms with Gasteiger partial charge in [0.1, 0.15) is 5.58 Å². The first-order valence-electron chi connectivity index (χ1n) is 9.56. The van der Waals surface area contributed by atoms with Crippen LogP contribution in [0.4, 0.5) is 5.13 Å². The van der Waals surface area contributed by atoms with E-state index in [4.69, 9.17) is 4.42 Å². The lowest BCUT2D eigenvalue weighted by Crippen LogP contribution is -2.11. The maximum atomic E-state index is 12.3. The molecule has 0 aliphatic carbocycles. The Hall–Kier alpha value is -2.90. The molecule has 0 saturated carbocycles. The fraction of sp³-hybridized carbons (Fsp3) is 0.174. The van der Waals surface area contributed by atoms with Gasteiger partial charge in [0.2, 0.25) is 5.91 Å². The predicted molar refractivity (Wildman–Crippen MR) is 123 cm³/mol. The number of benzene rings is 2. The number of aryl methyl sites for hydroxylation is 1. The first-order valence-corrected chi connectivity index (χ1v) is 11.4. The molecule has 0 atom stereocenters. The predicted octanol–water partition coefficient (Wildman–Crippen LogP) is 5.74. The van der Waals surface area contributed by atoms with Crippen molar-refractivity contribution in [2.24, 2.45) is 0 Å². The number of nitrogens with zero attached hydrogens (tertiary/aromatic N) is 1. The van der Waals surface area contributed by atoms with Crippen LogP contribution in [0.25, 0.3) is 22.2 Å². The van der Waals surface area contributed by atoms with E-state index in [0.717, 1.165) is 17.6 Å². The van der Waals surface area contributed by atoms with Gasteiger partial charge in [-0.3, -0.25) is 4.79 Å². The van der Waals surface area contributed by atoms with Gasteiger partial charge in [0.25, 0.3) is 0 Å². The topological polar surface area (TPSA) is 72.2 Å². The largest absolute Gasteiger partial charge is 0.422 e. The monoisotopic (exact) mass is 436 g/mol. The van der Waals surface area contributed by atoms with Crippen LogP contribution in [0.3, 0.4) is 0 Å². The molecule has 0 fully saturated rings. The second-order valence-electron chi connectivity index (χ2n) is 6.84. The van der Waals surface area contributed by atoms with Crippen molar-refractivity contribution in [1.82, 2.24) is 4.98 Å². The molecule has 0 unspecified atom stereocenters. The van der Waals surface area contributed by atoms with E-state index in [1.165, 1.54) is 21.8 Å². The Morgan fingerprint density at radius 2 is 1.97 bits per heavy atom. The Morgan fingerprint density at radius 3 is 2.80 bits per heavy atom. The van der Waals surface area contributed by atoms with Crippen LogP contribution in [0.15, 0.2) is 74.1 Å². The Morgan fingerprint density at radius 1 is 1.17 bits per heavy atom. The minimum Gasteiger partial charge on any atom is -0.422 e. The molecular weight excluding hydrogens is 416 g/mol. The zero-order valence-electron chi connectivity index (χ0n) is 16.4. The summed E-state index contributed by atoms with van der Waals surface area (Å²) in [5.41, 5.74) is 2.23. The van der Waals surface area contributed by atoms with E-state index in [1.807, 2.05) is 18.2 Å². The Bertz CT molecular complexity index is 1230. The molecule has 0 aliphatic rings. The van der Waals surface area contributed by atoms with Crippen LogP contribution in [-0.2, 0) is 4.79 Å². The van der Waals surface area contributed by atoms with Gasteiger partial charge in [-0.15, -0.1) is 23.1 Å². The van der Waals surface area contributed by atoms with Crippen molar-refractivity contribution in [1.29, 1.82) is 0 Å². The highest BCUT2D eigenvalue weighted by Crippen LogP contribution is 2.25. The smallest absolute Gasteiger partial charge is 0.345 e. The number of aromatic nitrogens is 1. The second kappa shape index (κ2) is 9.28. The lowest BCUT2D eigenvalue weighted by Gasteiger charge is -2.03. The highest BCUT2D eigenvalue weighted by atomic mass is 32.2. The molecule has 0 aliphatic heterocycles. The second-order valence-corrected chi connectivity index (χ2v) is 8.86. The molecule has 2 heterocycles. The fourth-order valence-electron chi connectivity index (χ4n) is 2.93. The summed E-state index contributed by atoms with van der Waals surface area (Å²) < 4.78 is 5.37. The SMILES string of the molecule is Cc1ccc(SCCCC(=O)Nc2nc(-c3cc4ccccc4oc3=O)cs2)cc1. The number of thioether (sulfide) groups is 1. The van der Waals surface area contributed by atoms with Crippen LogP contribution in [0.1, 0.15) is 18.4 Å². The molecule has 1 N–H and O–H groups in total. The van der Waals surface area contributed by atoms with Gasteiger partial charge in [-0.05, 0) is 43.4 Å². The third kappa shape index (κ3) is 4.98. The minimum absolute atomic E-state index is 0.0778. The van der Waals surface area contributed by atoms with Crippen molar-refractivity contribution < 1.29 is 9.21 Å². The number of fused-ring (bicyclic) bond motifs is 1. The quantitative estimate of drug-likeness (QED) is 0.227. The standard InChI is InChI=1S/C23H20N2O3S2/c1-15-8-10-17(11-9-15)29-12-4-7-21(26)25-23-24-19(14-30-23)18-13-16-5-2-3-6-20(16)28-22(18)27/h2-3,5-6,8-11,13-14H,4,7,12H2,1H3,(H,24,25,26). The number of hydrogen-bond acceptors (Lipinski definition) is 6. The lowest BCUT2D eigenvalue weighted by molar-refractivity contribution is -0.116. The van der Waals surface area contributed by atoms with Gasteiger partial charge in [-0.1, -0.05) is 35.9 Å². The molecule has 30 heavy (non-hydrogen) atoms. The van der Waals surface area contributed by atoms with Crippen molar-refractivity contribution in [3.05, 3.63) is 76.0 Å². The third-order valence-electron chi connectivity index (χ3n) is 4.51. The van der Waals surface area contributed by atoms with Crippen LogP contribution >= 0.6 is 23.1 Å². The number of carbonyl (C=O) groups excluding carboxylic acids is 1. The van der Waals surface area contributed by atoms with Gasteiger partial charge in [0.15, 0.2) is 5.13 Å². The Labute approximate surface area is 182 Å². The van der Waals surface area contributed by atoms with E-state index in [-0.39, 0.29) is 5.91 Å². The number of amides is 1. The molecule has 4 aromatic rings. The zero-order chi connectivity index (χ0) is 20.9. The van der Waals surface area contributed by atoms with E-state index in [0.29, 0.717) is 28.4 Å². The summed E-state index contributed by atoms with van der Waals surface area (Å²) in [6.07, 6.45) is 1.20. The van der Waals surface area contributed by atoms with Gasteiger partial charge < -0.3 is 9.73 Å². The first kappa shape index (κ1) is 20.4. The molecular formula is C23H20N2O3S2. The summed E-state index contributed by atoms with van der Waals surface area (Å²) in [4.78, 5) is 30.1. The van der Waals surface area contributed by atoms with E-state index in [1.54, 1.807) is 29.3 Å². The number of anilines is 1. The Balaban J connectivity index is 1.33. The zero-order valence-corrected chi connectivity index (χ0v) is 18.0. The van der Waals surface area contributed by atoms with Crippen molar-refractivity contribution >= 4 is 45.1 Å². The number of thiazole rings is 1. The number of carbonyl (C=O) groups is 1. The van der Waals surface area contributed by atoms with Gasteiger partial charge in [0.05, 0.1) is 11.3 Å². The summed E-state index contributed by atoms with van der Waals surface area (Å²) >= 11 is 3.04. The van der Waals surface area contributed by atoms with E-state index in [9.17, 15) is 9.59 Å². The number of para-hydroxylation sites is 1. The van der Waals surface area contributed by atoms with E-state index in [2.05, 4.69) is 41.5 Å². The van der Waals surface area contributed by atoms with Crippen LogP contribution in [0.2, 0.25) is 0 Å². The molecule has 2 aromatic heterocycles. The number of rotatable bonds is 7. The molecule has 4 rings (SSSR count). The Kier molecular flexibility index (Phi) is 6.30.